The molecule has 0 spiro atoms. The number of fused-ring (bicyclic) bond motifs is 5. The molecule has 5 nitrogen and oxygen atoms in total. The SMILES string of the molecule is c1ccc(-c2nc3ccc4ccc5ccc(N(c6ccccc6)c6cc(N(c7ccccc7)c7ccccc7)cc(N(c7ccccc7)c7ccccc7)c6)cc5c4c3o2)cc1. The van der Waals surface area contributed by atoms with Crippen LogP contribution in [0.3, 0.4) is 0 Å². The van der Waals surface area contributed by atoms with Crippen LogP contribution >= 0.6 is 0 Å². The van der Waals surface area contributed by atoms with Crippen LogP contribution in [0.1, 0.15) is 0 Å². The molecule has 0 aliphatic heterocycles. The molecule has 0 atom stereocenters. The number of rotatable bonds is 10. The Morgan fingerprint density at radius 2 is 0.677 bits per heavy atom. The van der Waals surface area contributed by atoms with Crippen molar-refractivity contribution in [1.82, 2.24) is 4.98 Å². The third-order valence-corrected chi connectivity index (χ3v) is 11.4. The highest BCUT2D eigenvalue weighted by Crippen LogP contribution is 2.47. The lowest BCUT2D eigenvalue weighted by molar-refractivity contribution is 0.623. The highest BCUT2D eigenvalue weighted by molar-refractivity contribution is 6.18. The van der Waals surface area contributed by atoms with Crippen molar-refractivity contribution in [1.29, 1.82) is 0 Å². The molecule has 0 unspecified atom stereocenters. The smallest absolute Gasteiger partial charge is 0.227 e. The third kappa shape index (κ3) is 6.87. The molecule has 0 amide bonds. The quantitative estimate of drug-likeness (QED) is 0.129. The summed E-state index contributed by atoms with van der Waals surface area (Å²) in [5.41, 5.74) is 11.8. The van der Waals surface area contributed by atoms with Crippen LogP contribution in [0.25, 0.3) is 44.1 Å². The number of para-hydroxylation sites is 5. The van der Waals surface area contributed by atoms with Gasteiger partial charge in [0.1, 0.15) is 5.52 Å². The normalized spacial score (nSPS) is 11.2. The van der Waals surface area contributed by atoms with Crippen LogP contribution in [0.2, 0.25) is 0 Å². The van der Waals surface area contributed by atoms with Crippen molar-refractivity contribution in [2.75, 3.05) is 14.7 Å². The predicted octanol–water partition coefficient (Wildman–Crippen LogP) is 16.2. The second-order valence-corrected chi connectivity index (χ2v) is 15.3. The molecule has 0 fully saturated rings. The summed E-state index contributed by atoms with van der Waals surface area (Å²) in [6.07, 6.45) is 0. The standard InChI is InChI=1S/C57H40N4O/c1-7-19-43(20-8-1)57-58-54-36-34-42-32-31-41-33-35-49(40-53(41)55(42)56(54)62-57)61(48-29-17-6-18-30-48)52-38-50(59(44-21-9-2-10-22-44)45-23-11-3-12-24-45)37-51(39-52)60(46-25-13-4-14-26-46)47-27-15-5-16-28-47/h1-40H. The van der Waals surface area contributed by atoms with Crippen molar-refractivity contribution in [3.63, 3.8) is 0 Å². The second kappa shape index (κ2) is 16.0. The van der Waals surface area contributed by atoms with Gasteiger partial charge < -0.3 is 19.1 Å². The molecule has 294 valence electrons. The molecule has 1 aromatic heterocycles. The maximum absolute atomic E-state index is 6.66. The van der Waals surface area contributed by atoms with Gasteiger partial charge in [0.2, 0.25) is 5.89 Å². The van der Waals surface area contributed by atoms with Gasteiger partial charge in [0.25, 0.3) is 0 Å². The van der Waals surface area contributed by atoms with Crippen molar-refractivity contribution in [3.8, 4) is 11.5 Å². The summed E-state index contributed by atoms with van der Waals surface area (Å²) in [6, 6.07) is 85.4. The zero-order valence-corrected chi connectivity index (χ0v) is 33.8. The highest BCUT2D eigenvalue weighted by Gasteiger charge is 2.23. The number of hydrogen-bond acceptors (Lipinski definition) is 5. The number of aromatic nitrogens is 1. The van der Waals surface area contributed by atoms with Crippen LogP contribution < -0.4 is 14.7 Å². The molecular weight excluding hydrogens is 757 g/mol. The lowest BCUT2D eigenvalue weighted by atomic mass is 10.00. The third-order valence-electron chi connectivity index (χ3n) is 11.4. The van der Waals surface area contributed by atoms with E-state index < -0.39 is 0 Å². The molecule has 0 aliphatic rings. The Morgan fingerprint density at radius 1 is 0.306 bits per heavy atom. The topological polar surface area (TPSA) is 35.8 Å². The molecule has 0 saturated heterocycles. The van der Waals surface area contributed by atoms with E-state index in [1.165, 1.54) is 0 Å². The molecule has 11 rings (SSSR count). The molecule has 10 aromatic carbocycles. The van der Waals surface area contributed by atoms with Gasteiger partial charge in [0.15, 0.2) is 5.58 Å². The lowest BCUT2D eigenvalue weighted by Crippen LogP contribution is -2.16. The fourth-order valence-electron chi connectivity index (χ4n) is 8.55. The van der Waals surface area contributed by atoms with Gasteiger partial charge in [0, 0.05) is 45.1 Å². The summed E-state index contributed by atoms with van der Waals surface area (Å²) in [4.78, 5) is 12.0. The molecule has 5 heteroatoms. The van der Waals surface area contributed by atoms with Crippen molar-refractivity contribution < 1.29 is 4.42 Å². The Labute approximate surface area is 360 Å². The van der Waals surface area contributed by atoms with E-state index in [1.807, 2.05) is 30.3 Å². The fraction of sp³-hybridized carbons (Fsp3) is 0. The summed E-state index contributed by atoms with van der Waals surface area (Å²) >= 11 is 0. The number of oxazole rings is 1. The van der Waals surface area contributed by atoms with Gasteiger partial charge in [-0.3, -0.25) is 0 Å². The summed E-state index contributed by atoms with van der Waals surface area (Å²) < 4.78 is 6.66. The first-order valence-corrected chi connectivity index (χ1v) is 20.9. The number of anilines is 9. The summed E-state index contributed by atoms with van der Waals surface area (Å²) in [5, 5.41) is 4.34. The van der Waals surface area contributed by atoms with Crippen molar-refractivity contribution in [2.45, 2.75) is 0 Å². The van der Waals surface area contributed by atoms with Gasteiger partial charge in [-0.05, 0) is 125 Å². The summed E-state index contributed by atoms with van der Waals surface area (Å²) in [7, 11) is 0. The van der Waals surface area contributed by atoms with Crippen molar-refractivity contribution in [3.05, 3.63) is 243 Å². The van der Waals surface area contributed by atoms with E-state index in [4.69, 9.17) is 9.40 Å². The van der Waals surface area contributed by atoms with Crippen LogP contribution in [-0.4, -0.2) is 4.98 Å². The highest BCUT2D eigenvalue weighted by atomic mass is 16.3. The van der Waals surface area contributed by atoms with E-state index in [1.54, 1.807) is 0 Å². The first kappa shape index (κ1) is 36.7. The van der Waals surface area contributed by atoms with Crippen LogP contribution in [0, 0.1) is 0 Å². The Morgan fingerprint density at radius 3 is 1.13 bits per heavy atom. The summed E-state index contributed by atoms with van der Waals surface area (Å²) in [5.74, 6) is 0.610. The maximum atomic E-state index is 6.66. The minimum Gasteiger partial charge on any atom is -0.435 e. The Balaban J connectivity index is 1.18. The first-order valence-electron chi connectivity index (χ1n) is 20.9. The fourth-order valence-corrected chi connectivity index (χ4v) is 8.55. The zero-order valence-electron chi connectivity index (χ0n) is 33.8. The van der Waals surface area contributed by atoms with Crippen LogP contribution in [0.5, 0.6) is 0 Å². The molecule has 0 saturated carbocycles. The van der Waals surface area contributed by atoms with Gasteiger partial charge in [-0.25, -0.2) is 4.98 Å². The van der Waals surface area contributed by atoms with Crippen LogP contribution in [-0.2, 0) is 0 Å². The minimum atomic E-state index is 0.610. The second-order valence-electron chi connectivity index (χ2n) is 15.3. The lowest BCUT2D eigenvalue weighted by Gasteiger charge is -2.33. The Hall–Kier alpha value is -8.41. The molecule has 0 aliphatic carbocycles. The summed E-state index contributed by atoms with van der Waals surface area (Å²) in [6.45, 7) is 0. The Bertz CT molecular complexity index is 3110. The van der Waals surface area contributed by atoms with E-state index in [9.17, 15) is 0 Å². The molecule has 0 N–H and O–H groups in total. The molecule has 1 heterocycles. The number of benzene rings is 10. The Kier molecular flexibility index (Phi) is 9.45. The van der Waals surface area contributed by atoms with E-state index in [-0.39, 0.29) is 0 Å². The number of nitrogens with zero attached hydrogens (tertiary/aromatic N) is 4. The van der Waals surface area contributed by atoms with Crippen molar-refractivity contribution >= 4 is 83.8 Å². The monoisotopic (exact) mass is 796 g/mol. The average molecular weight is 797 g/mol. The van der Waals surface area contributed by atoms with E-state index >= 15 is 0 Å². The van der Waals surface area contributed by atoms with E-state index in [2.05, 4.69) is 227 Å². The van der Waals surface area contributed by atoms with Gasteiger partial charge in [-0.2, -0.15) is 0 Å². The van der Waals surface area contributed by atoms with E-state index in [0.717, 1.165) is 89.4 Å². The first-order chi connectivity index (χ1) is 30.7. The minimum absolute atomic E-state index is 0.610. The zero-order chi connectivity index (χ0) is 41.2. The van der Waals surface area contributed by atoms with Crippen LogP contribution in [0.4, 0.5) is 51.2 Å². The van der Waals surface area contributed by atoms with Gasteiger partial charge in [-0.15, -0.1) is 0 Å². The molecule has 11 aromatic rings. The average Bonchev–Trinajstić information content (AvgIpc) is 3.79. The largest absolute Gasteiger partial charge is 0.435 e. The van der Waals surface area contributed by atoms with E-state index in [0.29, 0.717) is 5.89 Å². The van der Waals surface area contributed by atoms with Gasteiger partial charge in [0.05, 0.1) is 17.1 Å². The molecule has 62 heavy (non-hydrogen) atoms. The van der Waals surface area contributed by atoms with Crippen LogP contribution in [0.15, 0.2) is 247 Å². The van der Waals surface area contributed by atoms with Crippen molar-refractivity contribution in [2.24, 2.45) is 0 Å². The molecular formula is C57H40N4O. The maximum Gasteiger partial charge on any atom is 0.227 e. The van der Waals surface area contributed by atoms with Gasteiger partial charge >= 0.3 is 0 Å². The molecule has 0 bridgehead atoms. The number of hydrogen-bond donors (Lipinski definition) is 0. The van der Waals surface area contributed by atoms with Gasteiger partial charge in [-0.1, -0.05) is 133 Å². The molecule has 0 radical (unpaired) electrons. The predicted molar refractivity (Wildman–Crippen MR) is 259 cm³/mol.